The predicted molar refractivity (Wildman–Crippen MR) is 66.7 cm³/mol. The van der Waals surface area contributed by atoms with Crippen molar-refractivity contribution in [3.8, 4) is 5.69 Å². The Bertz CT molecular complexity index is 636. The Labute approximate surface area is 110 Å². The number of carboxylic acids is 1. The van der Waals surface area contributed by atoms with Crippen molar-refractivity contribution in [2.45, 2.75) is 0 Å². The molecule has 6 nitrogen and oxygen atoms in total. The number of hydrogen-bond donors (Lipinski definition) is 2. The summed E-state index contributed by atoms with van der Waals surface area (Å²) >= 11 is 3.17. The first-order valence-electron chi connectivity index (χ1n) is 4.86. The van der Waals surface area contributed by atoms with Gasteiger partial charge in [0.1, 0.15) is 0 Å². The summed E-state index contributed by atoms with van der Waals surface area (Å²) in [5, 5.41) is 12.9. The third-order valence-corrected chi connectivity index (χ3v) is 2.97. The number of aromatic nitrogens is 2. The summed E-state index contributed by atoms with van der Waals surface area (Å²) in [5.74, 6) is -1.59. The zero-order chi connectivity index (χ0) is 13.3. The number of nitrogens with two attached hydrogens (primary N) is 1. The molecule has 0 fully saturated rings. The van der Waals surface area contributed by atoms with Gasteiger partial charge in [0.15, 0.2) is 0 Å². The summed E-state index contributed by atoms with van der Waals surface area (Å²) in [4.78, 5) is 21.8. The number of halogens is 1. The van der Waals surface area contributed by atoms with Gasteiger partial charge in [-0.2, -0.15) is 5.10 Å². The SMILES string of the molecule is NC(=O)c1cnn(-c2ccc(C(=O)O)c(Br)c2)c1. The first-order valence-corrected chi connectivity index (χ1v) is 5.66. The minimum Gasteiger partial charge on any atom is -0.478 e. The normalized spacial score (nSPS) is 10.3. The molecule has 2 rings (SSSR count). The number of primary amides is 1. The molecule has 3 N–H and O–H groups in total. The Morgan fingerprint density at radius 1 is 1.39 bits per heavy atom. The van der Waals surface area contributed by atoms with Crippen LogP contribution in [0.15, 0.2) is 35.1 Å². The number of benzene rings is 1. The van der Waals surface area contributed by atoms with Gasteiger partial charge in [0.05, 0.1) is 23.0 Å². The molecule has 92 valence electrons. The molecule has 0 bridgehead atoms. The second-order valence-corrected chi connectivity index (χ2v) is 4.36. The lowest BCUT2D eigenvalue weighted by atomic mass is 10.2. The molecule has 7 heteroatoms. The number of rotatable bonds is 3. The molecule has 1 aromatic carbocycles. The Balaban J connectivity index is 2.42. The number of carboxylic acid groups (broad SMARTS) is 1. The van der Waals surface area contributed by atoms with Crippen LogP contribution in [0.25, 0.3) is 5.69 Å². The molecule has 0 aliphatic rings. The van der Waals surface area contributed by atoms with Gasteiger partial charge >= 0.3 is 5.97 Å². The van der Waals surface area contributed by atoms with Crippen LogP contribution in [-0.4, -0.2) is 26.8 Å². The van der Waals surface area contributed by atoms with E-state index < -0.39 is 11.9 Å². The van der Waals surface area contributed by atoms with Crippen molar-refractivity contribution in [2.24, 2.45) is 5.73 Å². The Kier molecular flexibility index (Phi) is 3.15. The largest absolute Gasteiger partial charge is 0.478 e. The Hall–Kier alpha value is -2.15. The molecule has 0 radical (unpaired) electrons. The number of hydrogen-bond acceptors (Lipinski definition) is 3. The molecule has 1 heterocycles. The monoisotopic (exact) mass is 309 g/mol. The highest BCUT2D eigenvalue weighted by Gasteiger charge is 2.10. The van der Waals surface area contributed by atoms with E-state index in [9.17, 15) is 9.59 Å². The lowest BCUT2D eigenvalue weighted by molar-refractivity contribution is 0.0695. The van der Waals surface area contributed by atoms with E-state index in [4.69, 9.17) is 10.8 Å². The lowest BCUT2D eigenvalue weighted by Crippen LogP contribution is -2.09. The van der Waals surface area contributed by atoms with Gasteiger partial charge in [-0.1, -0.05) is 0 Å². The third kappa shape index (κ3) is 2.25. The molecule has 18 heavy (non-hydrogen) atoms. The maximum absolute atomic E-state index is 10.9. The average molecular weight is 310 g/mol. The zero-order valence-electron chi connectivity index (χ0n) is 9.00. The van der Waals surface area contributed by atoms with Crippen molar-refractivity contribution in [2.75, 3.05) is 0 Å². The van der Waals surface area contributed by atoms with Crippen LogP contribution < -0.4 is 5.73 Å². The predicted octanol–water partition coefficient (Wildman–Crippen LogP) is 1.43. The summed E-state index contributed by atoms with van der Waals surface area (Å²) in [7, 11) is 0. The fourth-order valence-electron chi connectivity index (χ4n) is 1.41. The zero-order valence-corrected chi connectivity index (χ0v) is 10.6. The number of nitrogens with zero attached hydrogens (tertiary/aromatic N) is 2. The minimum absolute atomic E-state index is 0.154. The van der Waals surface area contributed by atoms with Crippen LogP contribution in [-0.2, 0) is 0 Å². The standard InChI is InChI=1S/C11H8BrN3O3/c12-9-3-7(1-2-8(9)11(17)18)15-5-6(4-14-15)10(13)16/h1-5H,(H2,13,16)(H,17,18). The highest BCUT2D eigenvalue weighted by molar-refractivity contribution is 9.10. The first-order chi connectivity index (χ1) is 8.49. The molecule has 0 spiro atoms. The van der Waals surface area contributed by atoms with Crippen molar-refractivity contribution in [3.05, 3.63) is 46.2 Å². The summed E-state index contributed by atoms with van der Waals surface area (Å²) in [6.07, 6.45) is 2.83. The van der Waals surface area contributed by atoms with Crippen LogP contribution in [0.5, 0.6) is 0 Å². The summed E-state index contributed by atoms with van der Waals surface area (Å²) in [6, 6.07) is 4.64. The number of carbonyl (C=O) groups excluding carboxylic acids is 1. The molecule has 0 aliphatic heterocycles. The Morgan fingerprint density at radius 2 is 2.11 bits per heavy atom. The fourth-order valence-corrected chi connectivity index (χ4v) is 1.95. The highest BCUT2D eigenvalue weighted by atomic mass is 79.9. The van der Waals surface area contributed by atoms with E-state index in [0.29, 0.717) is 10.2 Å². The molecular formula is C11H8BrN3O3. The van der Waals surface area contributed by atoms with Crippen LogP contribution in [0.1, 0.15) is 20.7 Å². The molecular weight excluding hydrogens is 302 g/mol. The maximum Gasteiger partial charge on any atom is 0.336 e. The van der Waals surface area contributed by atoms with Crippen LogP contribution in [0.3, 0.4) is 0 Å². The van der Waals surface area contributed by atoms with Crippen LogP contribution >= 0.6 is 15.9 Å². The quantitative estimate of drug-likeness (QED) is 0.896. The third-order valence-electron chi connectivity index (χ3n) is 2.31. The van der Waals surface area contributed by atoms with Crippen molar-refractivity contribution >= 4 is 27.8 Å². The van der Waals surface area contributed by atoms with E-state index in [2.05, 4.69) is 21.0 Å². The van der Waals surface area contributed by atoms with E-state index in [1.807, 2.05) is 0 Å². The van der Waals surface area contributed by atoms with E-state index in [-0.39, 0.29) is 11.1 Å². The van der Waals surface area contributed by atoms with Crippen molar-refractivity contribution < 1.29 is 14.7 Å². The smallest absolute Gasteiger partial charge is 0.336 e. The van der Waals surface area contributed by atoms with Crippen LogP contribution in [0, 0.1) is 0 Å². The number of aromatic carboxylic acids is 1. The molecule has 0 aliphatic carbocycles. The van der Waals surface area contributed by atoms with Gasteiger partial charge in [-0.3, -0.25) is 4.79 Å². The summed E-state index contributed by atoms with van der Waals surface area (Å²) in [6.45, 7) is 0. The molecule has 2 aromatic rings. The Morgan fingerprint density at radius 3 is 2.61 bits per heavy atom. The van der Waals surface area contributed by atoms with Gasteiger partial charge in [-0.15, -0.1) is 0 Å². The minimum atomic E-state index is -1.02. The summed E-state index contributed by atoms with van der Waals surface area (Å²) in [5.41, 5.74) is 6.18. The second kappa shape index (κ2) is 4.61. The molecule has 1 amide bonds. The fraction of sp³-hybridized carbons (Fsp3) is 0. The molecule has 0 saturated heterocycles. The molecule has 1 aromatic heterocycles. The highest BCUT2D eigenvalue weighted by Crippen LogP contribution is 2.20. The average Bonchev–Trinajstić information content (AvgIpc) is 2.77. The van der Waals surface area contributed by atoms with Crippen LogP contribution in [0.4, 0.5) is 0 Å². The van der Waals surface area contributed by atoms with E-state index in [1.54, 1.807) is 12.1 Å². The van der Waals surface area contributed by atoms with Crippen LogP contribution in [0.2, 0.25) is 0 Å². The van der Waals surface area contributed by atoms with Gasteiger partial charge in [-0.25, -0.2) is 9.48 Å². The first kappa shape index (κ1) is 12.3. The summed E-state index contributed by atoms with van der Waals surface area (Å²) < 4.78 is 1.87. The van der Waals surface area contributed by atoms with Gasteiger partial charge in [0.25, 0.3) is 5.91 Å². The maximum atomic E-state index is 10.9. The van der Waals surface area contributed by atoms with E-state index >= 15 is 0 Å². The topological polar surface area (TPSA) is 98.2 Å². The van der Waals surface area contributed by atoms with Gasteiger partial charge in [0.2, 0.25) is 0 Å². The lowest BCUT2D eigenvalue weighted by Gasteiger charge is -2.04. The second-order valence-electron chi connectivity index (χ2n) is 3.51. The van der Waals surface area contributed by atoms with Gasteiger partial charge in [-0.05, 0) is 34.1 Å². The molecule has 0 unspecified atom stereocenters. The molecule has 0 atom stereocenters. The van der Waals surface area contributed by atoms with E-state index in [0.717, 1.165) is 0 Å². The van der Waals surface area contributed by atoms with Crippen molar-refractivity contribution in [3.63, 3.8) is 0 Å². The molecule has 0 saturated carbocycles. The number of amides is 1. The van der Waals surface area contributed by atoms with Crippen molar-refractivity contribution in [1.29, 1.82) is 0 Å². The van der Waals surface area contributed by atoms with Gasteiger partial charge in [0, 0.05) is 10.7 Å². The van der Waals surface area contributed by atoms with Gasteiger partial charge < -0.3 is 10.8 Å². The van der Waals surface area contributed by atoms with Crippen molar-refractivity contribution in [1.82, 2.24) is 9.78 Å². The number of carbonyl (C=O) groups is 2. The van der Waals surface area contributed by atoms with E-state index in [1.165, 1.54) is 23.1 Å².